The van der Waals surface area contributed by atoms with Gasteiger partial charge in [0.15, 0.2) is 0 Å². The molecule has 1 unspecified atom stereocenters. The van der Waals surface area contributed by atoms with E-state index in [4.69, 9.17) is 9.05 Å². The van der Waals surface area contributed by atoms with Crippen molar-refractivity contribution in [1.29, 1.82) is 0 Å². The molecule has 0 aliphatic carbocycles. The molecule has 1 aromatic rings. The topological polar surface area (TPSA) is 35.5 Å². The van der Waals surface area contributed by atoms with Gasteiger partial charge in [-0.2, -0.15) is 11.8 Å². The molecule has 6 heteroatoms. The fourth-order valence-corrected chi connectivity index (χ4v) is 5.65. The standard InChI is InChI=1S/C14H23O3PS2/c1-5-9-20-18(15,16-6-2)17-14-8-7-12(3)10-13(14)11-19-4/h7-8,10H,5-6,9,11H2,1-4H3. The van der Waals surface area contributed by atoms with Crippen LogP contribution in [0, 0.1) is 6.92 Å². The third kappa shape index (κ3) is 5.72. The Morgan fingerprint density at radius 1 is 1.30 bits per heavy atom. The van der Waals surface area contributed by atoms with Gasteiger partial charge < -0.3 is 4.52 Å². The molecule has 0 N–H and O–H groups in total. The van der Waals surface area contributed by atoms with Crippen molar-refractivity contribution in [3.05, 3.63) is 29.3 Å². The maximum Gasteiger partial charge on any atom is 0.440 e. The molecule has 0 saturated carbocycles. The van der Waals surface area contributed by atoms with E-state index in [-0.39, 0.29) is 0 Å². The molecule has 20 heavy (non-hydrogen) atoms. The number of aryl methyl sites for hydroxylation is 1. The second-order valence-electron chi connectivity index (χ2n) is 4.33. The highest BCUT2D eigenvalue weighted by Gasteiger charge is 2.27. The number of thioether (sulfide) groups is 1. The molecule has 0 saturated heterocycles. The predicted molar refractivity (Wildman–Crippen MR) is 91.0 cm³/mol. The molecule has 0 aromatic heterocycles. The summed E-state index contributed by atoms with van der Waals surface area (Å²) in [5, 5.41) is 0. The quantitative estimate of drug-likeness (QED) is 0.555. The van der Waals surface area contributed by atoms with Crippen molar-refractivity contribution in [2.24, 2.45) is 0 Å². The molecule has 0 aliphatic heterocycles. The van der Waals surface area contributed by atoms with Gasteiger partial charge >= 0.3 is 6.80 Å². The molecule has 0 heterocycles. The van der Waals surface area contributed by atoms with Gasteiger partial charge in [0.1, 0.15) is 5.75 Å². The van der Waals surface area contributed by atoms with Crippen molar-refractivity contribution in [3.63, 3.8) is 0 Å². The number of rotatable bonds is 9. The van der Waals surface area contributed by atoms with E-state index in [2.05, 4.69) is 6.07 Å². The molecule has 1 rings (SSSR count). The minimum Gasteiger partial charge on any atom is -0.417 e. The first kappa shape index (κ1) is 18.0. The number of hydrogen-bond acceptors (Lipinski definition) is 5. The molecule has 0 aliphatic rings. The van der Waals surface area contributed by atoms with Crippen LogP contribution in [0.1, 0.15) is 31.4 Å². The van der Waals surface area contributed by atoms with Crippen molar-refractivity contribution in [1.82, 2.24) is 0 Å². The normalized spacial score (nSPS) is 14.0. The lowest BCUT2D eigenvalue weighted by Gasteiger charge is -2.19. The van der Waals surface area contributed by atoms with Crippen LogP contribution in [0.4, 0.5) is 0 Å². The van der Waals surface area contributed by atoms with E-state index < -0.39 is 6.80 Å². The van der Waals surface area contributed by atoms with E-state index in [0.717, 1.165) is 23.5 Å². The van der Waals surface area contributed by atoms with Crippen LogP contribution in [0.2, 0.25) is 0 Å². The van der Waals surface area contributed by atoms with Gasteiger partial charge in [0, 0.05) is 17.1 Å². The predicted octanol–water partition coefficient (Wildman–Crippen LogP) is 5.52. The van der Waals surface area contributed by atoms with Crippen molar-refractivity contribution >= 4 is 29.9 Å². The molecule has 0 bridgehead atoms. The largest absolute Gasteiger partial charge is 0.440 e. The molecule has 3 nitrogen and oxygen atoms in total. The molecule has 0 spiro atoms. The third-order valence-electron chi connectivity index (χ3n) is 2.47. The molecule has 0 fully saturated rings. The van der Waals surface area contributed by atoms with Gasteiger partial charge in [-0.3, -0.25) is 4.52 Å². The fourth-order valence-electron chi connectivity index (χ4n) is 1.64. The lowest BCUT2D eigenvalue weighted by Crippen LogP contribution is -1.99. The summed E-state index contributed by atoms with van der Waals surface area (Å²) >= 11 is 3.00. The van der Waals surface area contributed by atoms with Crippen molar-refractivity contribution in [2.45, 2.75) is 32.9 Å². The summed E-state index contributed by atoms with van der Waals surface area (Å²) in [4.78, 5) is 0. The van der Waals surface area contributed by atoms with E-state index in [1.54, 1.807) is 11.8 Å². The van der Waals surface area contributed by atoms with Gasteiger partial charge in [-0.15, -0.1) is 0 Å². The second kappa shape index (κ2) is 9.04. The van der Waals surface area contributed by atoms with Gasteiger partial charge in [-0.05, 0) is 44.0 Å². The highest BCUT2D eigenvalue weighted by Crippen LogP contribution is 2.60. The van der Waals surface area contributed by atoms with Crippen LogP contribution >= 0.6 is 29.9 Å². The number of benzene rings is 1. The summed E-state index contributed by atoms with van der Waals surface area (Å²) in [6, 6.07) is 5.94. The van der Waals surface area contributed by atoms with Crippen LogP contribution in [-0.4, -0.2) is 18.6 Å². The van der Waals surface area contributed by atoms with Gasteiger partial charge in [-0.25, -0.2) is 4.57 Å². The zero-order chi connectivity index (χ0) is 15.0. The van der Waals surface area contributed by atoms with Crippen molar-refractivity contribution in [3.8, 4) is 5.75 Å². The molecule has 0 amide bonds. The Morgan fingerprint density at radius 2 is 2.05 bits per heavy atom. The minimum absolute atomic E-state index is 0.387. The fraction of sp³-hybridized carbons (Fsp3) is 0.571. The average molecular weight is 334 g/mol. The highest BCUT2D eigenvalue weighted by atomic mass is 32.7. The highest BCUT2D eigenvalue weighted by molar-refractivity contribution is 8.55. The first-order valence-corrected chi connectivity index (χ1v) is 11.2. The summed E-state index contributed by atoms with van der Waals surface area (Å²) in [6.07, 6.45) is 2.98. The lowest BCUT2D eigenvalue weighted by atomic mass is 10.1. The molecule has 1 atom stereocenters. The maximum absolute atomic E-state index is 12.7. The Bertz CT molecular complexity index is 466. The summed E-state index contributed by atoms with van der Waals surface area (Å²) < 4.78 is 23.8. The van der Waals surface area contributed by atoms with Crippen LogP contribution in [-0.2, 0) is 14.8 Å². The average Bonchev–Trinajstić information content (AvgIpc) is 2.40. The Hall–Kier alpha value is -0.0900. The Morgan fingerprint density at radius 3 is 2.65 bits per heavy atom. The Kier molecular flexibility index (Phi) is 8.11. The van der Waals surface area contributed by atoms with Crippen LogP contribution < -0.4 is 4.52 Å². The van der Waals surface area contributed by atoms with E-state index in [0.29, 0.717) is 12.4 Å². The van der Waals surface area contributed by atoms with E-state index in [1.807, 2.05) is 39.2 Å². The summed E-state index contributed by atoms with van der Waals surface area (Å²) in [5.41, 5.74) is 2.24. The van der Waals surface area contributed by atoms with Gasteiger partial charge in [0.25, 0.3) is 0 Å². The van der Waals surface area contributed by atoms with Gasteiger partial charge in [0.05, 0.1) is 6.61 Å². The smallest absolute Gasteiger partial charge is 0.417 e. The van der Waals surface area contributed by atoms with Crippen LogP contribution in [0.3, 0.4) is 0 Å². The van der Waals surface area contributed by atoms with Crippen molar-refractivity contribution in [2.75, 3.05) is 18.6 Å². The van der Waals surface area contributed by atoms with Crippen LogP contribution in [0.5, 0.6) is 5.75 Å². The molecule has 114 valence electrons. The zero-order valence-electron chi connectivity index (χ0n) is 12.5. The third-order valence-corrected chi connectivity index (χ3v) is 7.00. The summed E-state index contributed by atoms with van der Waals surface area (Å²) in [7, 11) is 0. The van der Waals surface area contributed by atoms with Gasteiger partial charge in [-0.1, -0.05) is 24.6 Å². The molecule has 0 radical (unpaired) electrons. The second-order valence-corrected chi connectivity index (χ2v) is 9.32. The Balaban J connectivity index is 2.95. The van der Waals surface area contributed by atoms with Gasteiger partial charge in [0.2, 0.25) is 0 Å². The Labute approximate surface area is 130 Å². The van der Waals surface area contributed by atoms with E-state index in [9.17, 15) is 4.57 Å². The number of hydrogen-bond donors (Lipinski definition) is 0. The summed E-state index contributed by atoms with van der Waals surface area (Å²) in [6.45, 7) is 3.20. The van der Waals surface area contributed by atoms with Crippen molar-refractivity contribution < 1.29 is 13.6 Å². The molecular formula is C14H23O3PS2. The molecule has 1 aromatic carbocycles. The lowest BCUT2D eigenvalue weighted by molar-refractivity contribution is 0.295. The van der Waals surface area contributed by atoms with Crippen LogP contribution in [0.15, 0.2) is 18.2 Å². The first-order chi connectivity index (χ1) is 9.54. The van der Waals surface area contributed by atoms with Crippen LogP contribution in [0.25, 0.3) is 0 Å². The summed E-state index contributed by atoms with van der Waals surface area (Å²) in [5.74, 6) is 2.27. The maximum atomic E-state index is 12.7. The first-order valence-electron chi connectivity index (χ1n) is 6.71. The van der Waals surface area contributed by atoms with E-state index in [1.165, 1.54) is 16.9 Å². The SMILES string of the molecule is CCCSP(=O)(OCC)Oc1ccc(C)cc1CSC. The monoisotopic (exact) mass is 334 g/mol. The zero-order valence-corrected chi connectivity index (χ0v) is 15.1. The minimum atomic E-state index is -3.12. The molecular weight excluding hydrogens is 311 g/mol. The van der Waals surface area contributed by atoms with E-state index >= 15 is 0 Å².